The number of hydrogen-bond acceptors (Lipinski definition) is 4. The van der Waals surface area contributed by atoms with Crippen LogP contribution in [0.4, 0.5) is 0 Å². The zero-order valence-electron chi connectivity index (χ0n) is 15.5. The summed E-state index contributed by atoms with van der Waals surface area (Å²) in [7, 11) is 0. The van der Waals surface area contributed by atoms with Crippen molar-refractivity contribution in [3.05, 3.63) is 35.9 Å². The van der Waals surface area contributed by atoms with Crippen LogP contribution in [-0.4, -0.2) is 53.2 Å². The van der Waals surface area contributed by atoms with Gasteiger partial charge in [-0.05, 0) is 31.7 Å². The van der Waals surface area contributed by atoms with Gasteiger partial charge in [0.1, 0.15) is 0 Å². The summed E-state index contributed by atoms with van der Waals surface area (Å²) < 4.78 is 5.39. The van der Waals surface area contributed by atoms with Crippen LogP contribution in [0.5, 0.6) is 0 Å². The van der Waals surface area contributed by atoms with E-state index < -0.39 is 11.6 Å². The van der Waals surface area contributed by atoms with Crippen LogP contribution in [0.2, 0.25) is 0 Å². The molecule has 0 unspecified atom stereocenters. The van der Waals surface area contributed by atoms with E-state index in [-0.39, 0.29) is 23.8 Å². The second-order valence-electron chi connectivity index (χ2n) is 7.56. The quantitative estimate of drug-likeness (QED) is 0.859. The molecule has 2 aliphatic rings. The average molecular weight is 360 g/mol. The molecule has 2 saturated heterocycles. The van der Waals surface area contributed by atoms with Gasteiger partial charge in [-0.2, -0.15) is 0 Å². The van der Waals surface area contributed by atoms with Crippen LogP contribution in [0, 0.1) is 5.92 Å². The first kappa shape index (κ1) is 18.9. The highest BCUT2D eigenvalue weighted by atomic mass is 16.5. The number of benzene rings is 1. The second kappa shape index (κ2) is 7.76. The van der Waals surface area contributed by atoms with E-state index >= 15 is 0 Å². The molecule has 1 aromatic rings. The number of carbonyl (C=O) groups is 2. The third-order valence-corrected chi connectivity index (χ3v) is 5.53. The van der Waals surface area contributed by atoms with Crippen molar-refractivity contribution in [2.45, 2.75) is 50.8 Å². The maximum Gasteiger partial charge on any atom is 0.226 e. The van der Waals surface area contributed by atoms with Gasteiger partial charge >= 0.3 is 0 Å². The van der Waals surface area contributed by atoms with Crippen LogP contribution >= 0.6 is 0 Å². The lowest BCUT2D eigenvalue weighted by atomic mass is 9.78. The molecule has 0 aliphatic carbocycles. The molecule has 2 N–H and O–H groups in total. The number of nitrogens with one attached hydrogen (secondary N) is 1. The molecule has 6 heteroatoms. The SMILES string of the molecule is CC(=O)N[C@H]1[C@H](c2ccccc2)N(C(=O)C2CCOCC2)CC[C@@]1(C)O. The van der Waals surface area contributed by atoms with Crippen LogP contribution in [0.15, 0.2) is 30.3 Å². The van der Waals surface area contributed by atoms with Gasteiger partial charge in [0.05, 0.1) is 17.7 Å². The maximum atomic E-state index is 13.3. The Bertz CT molecular complexity index is 640. The van der Waals surface area contributed by atoms with Gasteiger partial charge in [0.25, 0.3) is 0 Å². The van der Waals surface area contributed by atoms with E-state index in [1.807, 2.05) is 35.2 Å². The van der Waals surface area contributed by atoms with Gasteiger partial charge in [0, 0.05) is 32.6 Å². The molecule has 26 heavy (non-hydrogen) atoms. The van der Waals surface area contributed by atoms with E-state index in [9.17, 15) is 14.7 Å². The van der Waals surface area contributed by atoms with Crippen LogP contribution in [0.1, 0.15) is 44.7 Å². The number of ether oxygens (including phenoxy) is 1. The van der Waals surface area contributed by atoms with E-state index in [2.05, 4.69) is 5.32 Å². The minimum absolute atomic E-state index is 0.0593. The van der Waals surface area contributed by atoms with Crippen molar-refractivity contribution in [2.24, 2.45) is 5.92 Å². The summed E-state index contributed by atoms with van der Waals surface area (Å²) in [5, 5.41) is 13.9. The Labute approximate surface area is 154 Å². The van der Waals surface area contributed by atoms with E-state index in [1.165, 1.54) is 6.92 Å². The summed E-state index contributed by atoms with van der Waals surface area (Å²) in [5.41, 5.74) is -0.162. The van der Waals surface area contributed by atoms with Gasteiger partial charge < -0.3 is 20.1 Å². The lowest BCUT2D eigenvalue weighted by Crippen LogP contribution is -2.63. The molecule has 0 radical (unpaired) electrons. The number of aliphatic hydroxyl groups is 1. The van der Waals surface area contributed by atoms with E-state index in [1.54, 1.807) is 6.92 Å². The van der Waals surface area contributed by atoms with Gasteiger partial charge in [0.2, 0.25) is 11.8 Å². The highest BCUT2D eigenvalue weighted by molar-refractivity contribution is 5.80. The molecule has 3 rings (SSSR count). The van der Waals surface area contributed by atoms with Crippen molar-refractivity contribution in [1.29, 1.82) is 0 Å². The molecule has 3 atom stereocenters. The minimum Gasteiger partial charge on any atom is -0.388 e. The Morgan fingerprint density at radius 2 is 1.88 bits per heavy atom. The molecular weight excluding hydrogens is 332 g/mol. The second-order valence-corrected chi connectivity index (χ2v) is 7.56. The number of amides is 2. The lowest BCUT2D eigenvalue weighted by molar-refractivity contribution is -0.152. The molecule has 0 saturated carbocycles. The van der Waals surface area contributed by atoms with Crippen molar-refractivity contribution in [3.8, 4) is 0 Å². The summed E-state index contributed by atoms with van der Waals surface area (Å²) in [6.07, 6.45) is 1.87. The van der Waals surface area contributed by atoms with Gasteiger partial charge in [0.15, 0.2) is 0 Å². The standard InChI is InChI=1S/C20H28N2O4/c1-14(23)21-18-17(15-6-4-3-5-7-15)22(11-10-20(18,2)25)19(24)16-8-12-26-13-9-16/h3-7,16-18,25H,8-13H2,1-2H3,(H,21,23)/t17-,18-,20+/m0/s1. The van der Waals surface area contributed by atoms with Crippen LogP contribution < -0.4 is 5.32 Å². The fourth-order valence-corrected chi connectivity index (χ4v) is 4.06. The van der Waals surface area contributed by atoms with Gasteiger partial charge in [-0.25, -0.2) is 0 Å². The Balaban J connectivity index is 1.96. The normalized spacial score (nSPS) is 30.0. The Hall–Kier alpha value is -1.92. The minimum atomic E-state index is -1.08. The van der Waals surface area contributed by atoms with Crippen molar-refractivity contribution in [3.63, 3.8) is 0 Å². The zero-order valence-corrected chi connectivity index (χ0v) is 15.5. The van der Waals surface area contributed by atoms with E-state index in [0.29, 0.717) is 26.2 Å². The third kappa shape index (κ3) is 3.91. The summed E-state index contributed by atoms with van der Waals surface area (Å²) in [4.78, 5) is 26.9. The topological polar surface area (TPSA) is 78.9 Å². The number of piperidine rings is 1. The number of nitrogens with zero attached hydrogens (tertiary/aromatic N) is 1. The number of rotatable bonds is 3. The predicted molar refractivity (Wildman–Crippen MR) is 97.3 cm³/mol. The Kier molecular flexibility index (Phi) is 5.63. The van der Waals surface area contributed by atoms with Crippen LogP contribution in [-0.2, 0) is 14.3 Å². The molecule has 2 aliphatic heterocycles. The van der Waals surface area contributed by atoms with Crippen molar-refractivity contribution in [1.82, 2.24) is 10.2 Å². The molecule has 0 aromatic heterocycles. The smallest absolute Gasteiger partial charge is 0.226 e. The number of hydrogen-bond donors (Lipinski definition) is 2. The fraction of sp³-hybridized carbons (Fsp3) is 0.600. The Morgan fingerprint density at radius 1 is 1.23 bits per heavy atom. The molecule has 2 heterocycles. The number of likely N-dealkylation sites (tertiary alicyclic amines) is 1. The molecule has 2 amide bonds. The lowest BCUT2D eigenvalue weighted by Gasteiger charge is -2.50. The van der Waals surface area contributed by atoms with Gasteiger partial charge in [-0.15, -0.1) is 0 Å². The van der Waals surface area contributed by atoms with Crippen LogP contribution in [0.25, 0.3) is 0 Å². The van der Waals surface area contributed by atoms with Gasteiger partial charge in [-0.3, -0.25) is 9.59 Å². The maximum absolute atomic E-state index is 13.3. The monoisotopic (exact) mass is 360 g/mol. The molecular formula is C20H28N2O4. The first-order chi connectivity index (χ1) is 12.4. The molecule has 0 spiro atoms. The van der Waals surface area contributed by atoms with Crippen LogP contribution in [0.3, 0.4) is 0 Å². The molecule has 0 bridgehead atoms. The fourth-order valence-electron chi connectivity index (χ4n) is 4.06. The molecule has 1 aromatic carbocycles. The zero-order chi connectivity index (χ0) is 18.7. The van der Waals surface area contributed by atoms with E-state index in [0.717, 1.165) is 18.4 Å². The first-order valence-electron chi connectivity index (χ1n) is 9.33. The molecule has 2 fully saturated rings. The third-order valence-electron chi connectivity index (χ3n) is 5.53. The van der Waals surface area contributed by atoms with Crippen molar-refractivity contribution in [2.75, 3.05) is 19.8 Å². The Morgan fingerprint density at radius 3 is 2.50 bits per heavy atom. The van der Waals surface area contributed by atoms with Crippen molar-refractivity contribution < 1.29 is 19.4 Å². The van der Waals surface area contributed by atoms with Gasteiger partial charge in [-0.1, -0.05) is 30.3 Å². The highest BCUT2D eigenvalue weighted by Gasteiger charge is 2.48. The first-order valence-corrected chi connectivity index (χ1v) is 9.33. The summed E-state index contributed by atoms with van der Waals surface area (Å²) in [6, 6.07) is 8.71. The molecule has 6 nitrogen and oxygen atoms in total. The average Bonchev–Trinajstić information content (AvgIpc) is 2.64. The molecule has 142 valence electrons. The summed E-state index contributed by atoms with van der Waals surface area (Å²) in [5.74, 6) is -0.180. The largest absolute Gasteiger partial charge is 0.388 e. The van der Waals surface area contributed by atoms with E-state index in [4.69, 9.17) is 4.74 Å². The number of carbonyl (C=O) groups excluding carboxylic acids is 2. The summed E-state index contributed by atoms with van der Waals surface area (Å²) in [6.45, 7) is 4.86. The summed E-state index contributed by atoms with van der Waals surface area (Å²) >= 11 is 0. The predicted octanol–water partition coefficient (Wildman–Crippen LogP) is 1.64. The highest BCUT2D eigenvalue weighted by Crippen LogP contribution is 2.38. The van der Waals surface area contributed by atoms with Crippen molar-refractivity contribution >= 4 is 11.8 Å².